The summed E-state index contributed by atoms with van der Waals surface area (Å²) in [6.07, 6.45) is 1.38. The Labute approximate surface area is 177 Å². The summed E-state index contributed by atoms with van der Waals surface area (Å²) < 4.78 is 6.21. The van der Waals surface area contributed by atoms with Crippen LogP contribution in [0.1, 0.15) is 24.3 Å². The molecule has 0 aliphatic heterocycles. The van der Waals surface area contributed by atoms with Crippen LogP contribution >= 0.6 is 11.3 Å². The molecule has 154 valence electrons. The van der Waals surface area contributed by atoms with Crippen molar-refractivity contribution in [2.24, 2.45) is 0 Å². The molecule has 1 amide bonds. The second kappa shape index (κ2) is 8.33. The first kappa shape index (κ1) is 20.2. The van der Waals surface area contributed by atoms with Crippen LogP contribution in [0.25, 0.3) is 21.3 Å². The van der Waals surface area contributed by atoms with E-state index in [4.69, 9.17) is 15.6 Å². The van der Waals surface area contributed by atoms with Gasteiger partial charge in [0, 0.05) is 0 Å². The molecule has 30 heavy (non-hydrogen) atoms. The Morgan fingerprint density at radius 3 is 2.60 bits per heavy atom. The molecule has 0 radical (unpaired) electrons. The lowest BCUT2D eigenvalue weighted by atomic mass is 10.1. The number of ether oxygens (including phenoxy) is 1. The molecule has 4 N–H and O–H groups in total. The average Bonchev–Trinajstić information content (AvgIpc) is 3.37. The minimum Gasteiger partial charge on any atom is -0.429 e. The standard InChI is InChI=1S/C22H22N4O3S/c23-18(11-20(28)26-22(13-27)8-9-22)29-19(24)12-21-25-16-7-6-15(10-17(16)30-21)14-4-2-1-3-5-14/h1-7,10,23-24,27H,8-9,11-13H2,(H,26,28). The lowest BCUT2D eigenvalue weighted by Crippen LogP contribution is -2.40. The Morgan fingerprint density at radius 1 is 1.13 bits per heavy atom. The summed E-state index contributed by atoms with van der Waals surface area (Å²) in [5, 5.41) is 28.5. The highest BCUT2D eigenvalue weighted by molar-refractivity contribution is 7.18. The van der Waals surface area contributed by atoms with E-state index in [0.717, 1.165) is 39.2 Å². The quantitative estimate of drug-likeness (QED) is 0.344. The number of aromatic nitrogens is 1. The molecular formula is C22H22N4O3S. The SMILES string of the molecule is N=C(CC(=O)NC1(CO)CC1)OC(=N)Cc1nc2ccc(-c3ccccc3)cc2s1. The van der Waals surface area contributed by atoms with E-state index in [1.54, 1.807) is 0 Å². The number of benzene rings is 2. The van der Waals surface area contributed by atoms with Gasteiger partial charge < -0.3 is 15.2 Å². The van der Waals surface area contributed by atoms with Gasteiger partial charge in [0.2, 0.25) is 5.91 Å². The van der Waals surface area contributed by atoms with Crippen LogP contribution in [0.5, 0.6) is 0 Å². The Morgan fingerprint density at radius 2 is 1.90 bits per heavy atom. The highest BCUT2D eigenvalue weighted by atomic mass is 32.1. The molecule has 4 rings (SSSR count). The van der Waals surface area contributed by atoms with E-state index in [9.17, 15) is 9.90 Å². The maximum atomic E-state index is 12.0. The fraction of sp³-hybridized carbons (Fsp3) is 0.273. The highest BCUT2D eigenvalue weighted by Crippen LogP contribution is 2.34. The highest BCUT2D eigenvalue weighted by Gasteiger charge is 2.43. The normalized spacial score (nSPS) is 14.3. The monoisotopic (exact) mass is 422 g/mol. The van der Waals surface area contributed by atoms with Crippen molar-refractivity contribution in [3.63, 3.8) is 0 Å². The summed E-state index contributed by atoms with van der Waals surface area (Å²) >= 11 is 1.49. The lowest BCUT2D eigenvalue weighted by Gasteiger charge is -2.14. The van der Waals surface area contributed by atoms with Crippen molar-refractivity contribution in [2.45, 2.75) is 31.2 Å². The van der Waals surface area contributed by atoms with Crippen molar-refractivity contribution in [1.29, 1.82) is 10.8 Å². The van der Waals surface area contributed by atoms with Crippen molar-refractivity contribution in [2.75, 3.05) is 6.61 Å². The largest absolute Gasteiger partial charge is 0.429 e. The van der Waals surface area contributed by atoms with Crippen molar-refractivity contribution in [1.82, 2.24) is 10.3 Å². The first-order valence-electron chi connectivity index (χ1n) is 9.66. The number of carbonyl (C=O) groups is 1. The molecule has 2 aromatic carbocycles. The molecule has 0 spiro atoms. The number of aliphatic hydroxyl groups excluding tert-OH is 1. The molecule has 0 atom stereocenters. The van der Waals surface area contributed by atoms with Gasteiger partial charge in [-0.15, -0.1) is 11.3 Å². The molecule has 1 aliphatic carbocycles. The van der Waals surface area contributed by atoms with Gasteiger partial charge in [0.25, 0.3) is 0 Å². The molecule has 7 nitrogen and oxygen atoms in total. The smallest absolute Gasteiger partial charge is 0.229 e. The first-order valence-corrected chi connectivity index (χ1v) is 10.5. The molecule has 1 heterocycles. The van der Waals surface area contributed by atoms with Crippen LogP contribution in [-0.2, 0) is 16.0 Å². The summed E-state index contributed by atoms with van der Waals surface area (Å²) in [6, 6.07) is 16.2. The van der Waals surface area contributed by atoms with Gasteiger partial charge in [-0.25, -0.2) is 4.98 Å². The van der Waals surface area contributed by atoms with Gasteiger partial charge >= 0.3 is 0 Å². The summed E-state index contributed by atoms with van der Waals surface area (Å²) in [6.45, 7) is -0.105. The third-order valence-corrected chi connectivity index (χ3v) is 6.00. The molecule has 1 aliphatic rings. The number of hydrogen-bond acceptors (Lipinski definition) is 7. The van der Waals surface area contributed by atoms with E-state index >= 15 is 0 Å². The minimum absolute atomic E-state index is 0.105. The molecule has 8 heteroatoms. The molecular weight excluding hydrogens is 400 g/mol. The predicted octanol–water partition coefficient (Wildman–Crippen LogP) is 3.51. The minimum atomic E-state index is -0.523. The number of thiazole rings is 1. The maximum Gasteiger partial charge on any atom is 0.229 e. The summed E-state index contributed by atoms with van der Waals surface area (Å²) in [5.74, 6) is -0.801. The second-order valence-corrected chi connectivity index (χ2v) is 8.56. The lowest BCUT2D eigenvalue weighted by molar-refractivity contribution is -0.121. The number of rotatable bonds is 7. The molecule has 1 aromatic heterocycles. The third kappa shape index (κ3) is 4.72. The van der Waals surface area contributed by atoms with Crippen LogP contribution in [-0.4, -0.2) is 39.9 Å². The van der Waals surface area contributed by atoms with Gasteiger partial charge in [-0.2, -0.15) is 0 Å². The van der Waals surface area contributed by atoms with Gasteiger partial charge in [-0.3, -0.25) is 15.6 Å². The zero-order valence-corrected chi connectivity index (χ0v) is 17.1. The number of aliphatic hydroxyl groups is 1. The summed E-state index contributed by atoms with van der Waals surface area (Å²) in [5.41, 5.74) is 2.57. The number of carbonyl (C=O) groups excluding carboxylic acids is 1. The van der Waals surface area contributed by atoms with Crippen LogP contribution in [0.4, 0.5) is 0 Å². The molecule has 1 saturated carbocycles. The van der Waals surface area contributed by atoms with E-state index in [0.29, 0.717) is 0 Å². The van der Waals surface area contributed by atoms with E-state index < -0.39 is 5.54 Å². The summed E-state index contributed by atoms with van der Waals surface area (Å²) in [4.78, 5) is 16.5. The first-order chi connectivity index (χ1) is 14.5. The fourth-order valence-corrected chi connectivity index (χ4v) is 4.18. The van der Waals surface area contributed by atoms with E-state index in [-0.39, 0.29) is 37.2 Å². The second-order valence-electron chi connectivity index (χ2n) is 7.44. The Balaban J connectivity index is 1.34. The summed E-state index contributed by atoms with van der Waals surface area (Å²) in [7, 11) is 0. The van der Waals surface area contributed by atoms with Crippen LogP contribution < -0.4 is 5.32 Å². The van der Waals surface area contributed by atoms with Gasteiger partial charge in [-0.05, 0) is 36.1 Å². The zero-order chi connectivity index (χ0) is 21.1. The fourth-order valence-electron chi connectivity index (χ4n) is 3.18. The van der Waals surface area contributed by atoms with Crippen LogP contribution in [0.3, 0.4) is 0 Å². The van der Waals surface area contributed by atoms with Crippen molar-refractivity contribution < 1.29 is 14.6 Å². The van der Waals surface area contributed by atoms with Crippen LogP contribution in [0.15, 0.2) is 48.5 Å². The van der Waals surface area contributed by atoms with E-state index in [1.807, 2.05) is 30.3 Å². The van der Waals surface area contributed by atoms with Crippen molar-refractivity contribution in [3.05, 3.63) is 53.5 Å². The van der Waals surface area contributed by atoms with E-state index in [2.05, 4.69) is 28.5 Å². The topological polar surface area (TPSA) is 119 Å². The van der Waals surface area contributed by atoms with Crippen molar-refractivity contribution >= 4 is 39.3 Å². The van der Waals surface area contributed by atoms with Gasteiger partial charge in [0.15, 0.2) is 11.8 Å². The number of nitrogens with one attached hydrogen (secondary N) is 3. The number of hydrogen-bond donors (Lipinski definition) is 4. The molecule has 3 aromatic rings. The number of fused-ring (bicyclic) bond motifs is 1. The number of amides is 1. The van der Waals surface area contributed by atoms with Gasteiger partial charge in [0.1, 0.15) is 11.4 Å². The van der Waals surface area contributed by atoms with E-state index in [1.165, 1.54) is 11.3 Å². The molecule has 0 unspecified atom stereocenters. The Hall–Kier alpha value is -3.10. The molecule has 0 bridgehead atoms. The number of nitrogens with zero attached hydrogens (tertiary/aromatic N) is 1. The Kier molecular flexibility index (Phi) is 5.61. The zero-order valence-electron chi connectivity index (χ0n) is 16.3. The average molecular weight is 423 g/mol. The molecule has 0 saturated heterocycles. The van der Waals surface area contributed by atoms with Gasteiger partial charge in [0.05, 0.1) is 28.8 Å². The van der Waals surface area contributed by atoms with Crippen molar-refractivity contribution in [3.8, 4) is 11.1 Å². The van der Waals surface area contributed by atoms with Crippen LogP contribution in [0.2, 0.25) is 0 Å². The predicted molar refractivity (Wildman–Crippen MR) is 117 cm³/mol. The molecule has 1 fully saturated rings. The maximum absolute atomic E-state index is 12.0. The third-order valence-electron chi connectivity index (χ3n) is 4.98. The van der Waals surface area contributed by atoms with Crippen LogP contribution in [0, 0.1) is 10.8 Å². The van der Waals surface area contributed by atoms with Gasteiger partial charge in [-0.1, -0.05) is 36.4 Å². The Bertz CT molecular complexity index is 1110.